The Kier molecular flexibility index (Phi) is 4.90. The highest BCUT2D eigenvalue weighted by Gasteiger charge is 2.30. The van der Waals surface area contributed by atoms with Gasteiger partial charge in [-0.05, 0) is 17.7 Å². The molecular formula is C8H9ClF3NO. The van der Waals surface area contributed by atoms with Gasteiger partial charge in [0.05, 0.1) is 5.56 Å². The molecule has 3 N–H and O–H groups in total. The zero-order chi connectivity index (χ0) is 9.90. The van der Waals surface area contributed by atoms with Crippen LogP contribution in [0.5, 0.6) is 0 Å². The summed E-state index contributed by atoms with van der Waals surface area (Å²) < 4.78 is 36.5. The summed E-state index contributed by atoms with van der Waals surface area (Å²) in [5.41, 5.74) is -0.202. The Labute approximate surface area is 85.2 Å². The van der Waals surface area contributed by atoms with Crippen molar-refractivity contribution < 1.29 is 36.3 Å². The van der Waals surface area contributed by atoms with Crippen molar-refractivity contribution in [3.05, 3.63) is 35.4 Å². The lowest BCUT2D eigenvalue weighted by molar-refractivity contribution is -0.695. The van der Waals surface area contributed by atoms with Crippen LogP contribution in [0.25, 0.3) is 0 Å². The molecule has 0 aliphatic rings. The first kappa shape index (κ1) is 13.2. The van der Waals surface area contributed by atoms with E-state index in [2.05, 4.69) is 10.7 Å². The molecule has 0 atom stereocenters. The molecule has 0 aliphatic carbocycles. The van der Waals surface area contributed by atoms with E-state index in [1.54, 1.807) is 6.07 Å². The Morgan fingerprint density at radius 1 is 1.29 bits per heavy atom. The van der Waals surface area contributed by atoms with Crippen molar-refractivity contribution in [1.82, 2.24) is 0 Å². The molecule has 1 aromatic carbocycles. The number of benzene rings is 1. The molecule has 2 nitrogen and oxygen atoms in total. The molecule has 80 valence electrons. The lowest BCUT2D eigenvalue weighted by Crippen LogP contribution is -3.00. The third-order valence-electron chi connectivity index (χ3n) is 1.52. The molecule has 0 amide bonds. The number of halogens is 4. The van der Waals surface area contributed by atoms with E-state index in [9.17, 15) is 13.2 Å². The largest absolute Gasteiger partial charge is 1.00 e. The second-order valence-corrected chi connectivity index (χ2v) is 2.55. The van der Waals surface area contributed by atoms with E-state index in [-0.39, 0.29) is 19.0 Å². The van der Waals surface area contributed by atoms with Gasteiger partial charge < -0.3 is 12.4 Å². The number of rotatable bonds is 2. The van der Waals surface area contributed by atoms with Crippen molar-refractivity contribution in [3.8, 4) is 0 Å². The van der Waals surface area contributed by atoms with Crippen LogP contribution in [0.4, 0.5) is 13.2 Å². The van der Waals surface area contributed by atoms with Crippen LogP contribution in [0.2, 0.25) is 0 Å². The summed E-state index contributed by atoms with van der Waals surface area (Å²) in [4.78, 5) is 4.48. The summed E-state index contributed by atoms with van der Waals surface area (Å²) in [6.07, 6.45) is -4.29. The average Bonchev–Trinajstić information content (AvgIpc) is 2.04. The fraction of sp³-hybridized carbons (Fsp3) is 0.250. The Balaban J connectivity index is 0.00000169. The normalized spacial score (nSPS) is 10.9. The summed E-state index contributed by atoms with van der Waals surface area (Å²) in [6, 6.07) is 4.97. The minimum atomic E-state index is -4.29. The fourth-order valence-corrected chi connectivity index (χ4v) is 0.955. The van der Waals surface area contributed by atoms with Crippen LogP contribution in [0.1, 0.15) is 11.1 Å². The predicted molar refractivity (Wildman–Crippen MR) is 39.1 cm³/mol. The first-order valence-corrected chi connectivity index (χ1v) is 3.57. The molecule has 0 spiro atoms. The lowest BCUT2D eigenvalue weighted by Gasteiger charge is -2.07. The van der Waals surface area contributed by atoms with Crippen LogP contribution in [0, 0.1) is 0 Å². The summed E-state index contributed by atoms with van der Waals surface area (Å²) in [5.74, 6) is 3.09. The summed E-state index contributed by atoms with van der Waals surface area (Å²) >= 11 is 0. The van der Waals surface area contributed by atoms with Gasteiger partial charge in [-0.15, -0.1) is 0 Å². The Hall–Kier alpha value is -0.780. The van der Waals surface area contributed by atoms with Crippen molar-refractivity contribution in [1.29, 1.82) is 0 Å². The van der Waals surface area contributed by atoms with E-state index in [0.29, 0.717) is 5.56 Å². The molecular weight excluding hydrogens is 219 g/mol. The van der Waals surface area contributed by atoms with Gasteiger partial charge >= 0.3 is 6.18 Å². The Morgan fingerprint density at radius 2 is 1.93 bits per heavy atom. The first-order valence-electron chi connectivity index (χ1n) is 3.57. The van der Waals surface area contributed by atoms with E-state index < -0.39 is 11.7 Å². The van der Waals surface area contributed by atoms with E-state index in [0.717, 1.165) is 12.1 Å². The van der Waals surface area contributed by atoms with Gasteiger partial charge in [0.15, 0.2) is 0 Å². The van der Waals surface area contributed by atoms with Gasteiger partial charge in [-0.3, -0.25) is 0 Å². The van der Waals surface area contributed by atoms with E-state index >= 15 is 0 Å². The highest BCUT2D eigenvalue weighted by Crippen LogP contribution is 2.29. The summed E-state index contributed by atoms with van der Waals surface area (Å²) in [6.45, 7) is 0.0872. The van der Waals surface area contributed by atoms with Crippen molar-refractivity contribution in [2.45, 2.75) is 12.8 Å². The molecule has 14 heavy (non-hydrogen) atoms. The van der Waals surface area contributed by atoms with Crippen LogP contribution < -0.4 is 18.3 Å². The quantitative estimate of drug-likeness (QED) is 0.606. The zero-order valence-corrected chi connectivity index (χ0v) is 7.90. The van der Waals surface area contributed by atoms with Gasteiger partial charge in [0.2, 0.25) is 0 Å². The first-order chi connectivity index (χ1) is 6.04. The zero-order valence-electron chi connectivity index (χ0n) is 7.14. The van der Waals surface area contributed by atoms with Crippen molar-refractivity contribution in [3.63, 3.8) is 0 Å². The van der Waals surface area contributed by atoms with Gasteiger partial charge in [-0.2, -0.15) is 13.2 Å². The predicted octanol–water partition coefficient (Wildman–Crippen LogP) is -1.62. The van der Waals surface area contributed by atoms with E-state index in [1.807, 2.05) is 0 Å². The molecule has 1 aromatic rings. The maximum Gasteiger partial charge on any atom is 0.416 e. The molecule has 0 bridgehead atoms. The SMILES string of the molecule is [Cl-].[NH3+]OCc1cccc(C(F)(F)F)c1. The molecule has 0 heterocycles. The van der Waals surface area contributed by atoms with Crippen molar-refractivity contribution in [2.24, 2.45) is 0 Å². The molecule has 0 saturated heterocycles. The van der Waals surface area contributed by atoms with Crippen molar-refractivity contribution >= 4 is 0 Å². The number of hydrogen-bond donors (Lipinski definition) is 1. The number of hydrogen-bond acceptors (Lipinski definition) is 1. The maximum absolute atomic E-state index is 12.2. The fourth-order valence-electron chi connectivity index (χ4n) is 0.955. The highest BCUT2D eigenvalue weighted by molar-refractivity contribution is 5.24. The van der Waals surface area contributed by atoms with Crippen molar-refractivity contribution in [2.75, 3.05) is 0 Å². The molecule has 0 aliphatic heterocycles. The third-order valence-corrected chi connectivity index (χ3v) is 1.52. The van der Waals surface area contributed by atoms with Crippen LogP contribution >= 0.6 is 0 Å². The molecule has 6 heteroatoms. The summed E-state index contributed by atoms with van der Waals surface area (Å²) in [5, 5.41) is 0. The maximum atomic E-state index is 12.2. The van der Waals surface area contributed by atoms with Gasteiger partial charge in [0.1, 0.15) is 6.61 Å². The third kappa shape index (κ3) is 3.53. The smallest absolute Gasteiger partial charge is 0.416 e. The topological polar surface area (TPSA) is 36.9 Å². The average molecular weight is 228 g/mol. The second kappa shape index (κ2) is 5.19. The molecule has 0 radical (unpaired) electrons. The standard InChI is InChI=1S/C8H9F3NO.ClH/c9-8(10,11)7-3-1-2-6(4-7)5-13-12;/h1-4H,5H2,12H3;1H/q+1;/p-1. The van der Waals surface area contributed by atoms with Crippen LogP contribution in [0.15, 0.2) is 24.3 Å². The van der Waals surface area contributed by atoms with Crippen LogP contribution in [-0.2, 0) is 17.6 Å². The number of quaternary nitrogens is 1. The molecule has 0 unspecified atom stereocenters. The molecule has 0 aromatic heterocycles. The highest BCUT2D eigenvalue weighted by atomic mass is 35.5. The molecule has 0 saturated carbocycles. The van der Waals surface area contributed by atoms with E-state index in [1.165, 1.54) is 6.07 Å². The van der Waals surface area contributed by atoms with Crippen LogP contribution in [0.3, 0.4) is 0 Å². The lowest BCUT2D eigenvalue weighted by atomic mass is 10.1. The Bertz CT molecular complexity index is 290. The minimum absolute atomic E-state index is 0. The second-order valence-electron chi connectivity index (χ2n) is 2.55. The minimum Gasteiger partial charge on any atom is -1.00 e. The number of alkyl halides is 3. The summed E-state index contributed by atoms with van der Waals surface area (Å²) in [7, 11) is 0. The van der Waals surface area contributed by atoms with Gasteiger partial charge in [-0.1, -0.05) is 12.1 Å². The van der Waals surface area contributed by atoms with Gasteiger partial charge in [-0.25, -0.2) is 10.7 Å². The van der Waals surface area contributed by atoms with E-state index in [4.69, 9.17) is 0 Å². The monoisotopic (exact) mass is 227 g/mol. The van der Waals surface area contributed by atoms with Gasteiger partial charge in [0, 0.05) is 0 Å². The Morgan fingerprint density at radius 3 is 2.43 bits per heavy atom. The van der Waals surface area contributed by atoms with Gasteiger partial charge in [0.25, 0.3) is 0 Å². The molecule has 0 fully saturated rings. The van der Waals surface area contributed by atoms with Crippen LogP contribution in [-0.4, -0.2) is 0 Å². The molecule has 1 rings (SSSR count).